The summed E-state index contributed by atoms with van der Waals surface area (Å²) >= 11 is 0. The molecule has 1 amide bonds. The van der Waals surface area contributed by atoms with Gasteiger partial charge in [0.05, 0.1) is 12.5 Å². The summed E-state index contributed by atoms with van der Waals surface area (Å²) in [4.78, 5) is 14.4. The number of hydrogen-bond acceptors (Lipinski definition) is 3. The van der Waals surface area contributed by atoms with Crippen LogP contribution in [-0.4, -0.2) is 22.7 Å². The molecule has 0 saturated carbocycles. The van der Waals surface area contributed by atoms with Crippen LogP contribution < -0.4 is 10.6 Å². The molecule has 0 fully saturated rings. The third-order valence-corrected chi connectivity index (χ3v) is 4.37. The van der Waals surface area contributed by atoms with E-state index in [0.717, 1.165) is 23.4 Å². The molecular weight excluding hydrogens is 252 g/mol. The van der Waals surface area contributed by atoms with Gasteiger partial charge in [0.15, 0.2) is 0 Å². The number of fused-ring (bicyclic) bond motifs is 1. The highest BCUT2D eigenvalue weighted by Gasteiger charge is 2.41. The summed E-state index contributed by atoms with van der Waals surface area (Å²) in [5.74, 6) is 0.289. The maximum Gasteiger partial charge on any atom is 0.230 e. The van der Waals surface area contributed by atoms with Crippen LogP contribution in [0.5, 0.6) is 0 Å². The number of nitrogen functional groups attached to an aromatic ring is 1. The van der Waals surface area contributed by atoms with E-state index in [9.17, 15) is 9.90 Å². The van der Waals surface area contributed by atoms with E-state index in [1.165, 1.54) is 0 Å². The summed E-state index contributed by atoms with van der Waals surface area (Å²) in [6, 6.07) is 5.69. The summed E-state index contributed by atoms with van der Waals surface area (Å²) in [6.45, 7) is 7.95. The van der Waals surface area contributed by atoms with Crippen LogP contribution in [0.4, 0.5) is 11.4 Å². The molecule has 1 aliphatic rings. The Morgan fingerprint density at radius 1 is 1.55 bits per heavy atom. The maximum absolute atomic E-state index is 12.6. The Kier molecular flexibility index (Phi) is 3.78. The molecule has 4 nitrogen and oxygen atoms in total. The van der Waals surface area contributed by atoms with Gasteiger partial charge in [0, 0.05) is 16.9 Å². The Morgan fingerprint density at radius 3 is 2.80 bits per heavy atom. The maximum atomic E-state index is 12.6. The molecule has 110 valence electrons. The molecule has 0 radical (unpaired) electrons. The van der Waals surface area contributed by atoms with Gasteiger partial charge in [-0.2, -0.15) is 0 Å². The second-order valence-electron chi connectivity index (χ2n) is 6.43. The van der Waals surface area contributed by atoms with Crippen molar-refractivity contribution in [1.29, 1.82) is 0 Å². The van der Waals surface area contributed by atoms with Crippen molar-refractivity contribution in [3.8, 4) is 0 Å². The quantitative estimate of drug-likeness (QED) is 0.815. The summed E-state index contributed by atoms with van der Waals surface area (Å²) in [7, 11) is 0. The normalized spacial score (nSPS) is 22.2. The number of nitrogens with two attached hydrogens (primary N) is 1. The zero-order chi connectivity index (χ0) is 15.1. The molecular formula is C16H24N2O2. The Bertz CT molecular complexity index is 523. The molecule has 1 aliphatic heterocycles. The van der Waals surface area contributed by atoms with Crippen molar-refractivity contribution in [3.05, 3.63) is 23.8 Å². The highest BCUT2D eigenvalue weighted by Crippen LogP contribution is 2.41. The summed E-state index contributed by atoms with van der Waals surface area (Å²) in [5.41, 5.74) is 8.34. The lowest BCUT2D eigenvalue weighted by molar-refractivity contribution is -0.121. The lowest BCUT2D eigenvalue weighted by Gasteiger charge is -2.48. The standard InChI is InChI=1S/C16H24N2O2/c1-10-7-12-9-13(17)5-6-14(12)18(16(10,3)4)15(20)8-11(2)19/h5-6,9-11,19H,7-8,17H2,1-4H3. The van der Waals surface area contributed by atoms with E-state index in [2.05, 4.69) is 20.8 Å². The molecule has 2 unspecified atom stereocenters. The van der Waals surface area contributed by atoms with E-state index in [0.29, 0.717) is 5.92 Å². The average molecular weight is 276 g/mol. The fraction of sp³-hybridized carbons (Fsp3) is 0.562. The molecule has 0 saturated heterocycles. The first kappa shape index (κ1) is 14.9. The van der Waals surface area contributed by atoms with Gasteiger partial charge in [-0.05, 0) is 56.9 Å². The minimum absolute atomic E-state index is 0.0393. The summed E-state index contributed by atoms with van der Waals surface area (Å²) < 4.78 is 0. The van der Waals surface area contributed by atoms with Gasteiger partial charge in [-0.3, -0.25) is 4.79 Å². The highest BCUT2D eigenvalue weighted by molar-refractivity contribution is 5.96. The van der Waals surface area contributed by atoms with Gasteiger partial charge in [0.2, 0.25) is 5.91 Å². The van der Waals surface area contributed by atoms with Crippen LogP contribution in [0.25, 0.3) is 0 Å². The monoisotopic (exact) mass is 276 g/mol. The van der Waals surface area contributed by atoms with Crippen molar-refractivity contribution in [1.82, 2.24) is 0 Å². The molecule has 1 aromatic carbocycles. The van der Waals surface area contributed by atoms with Crippen LogP contribution in [0, 0.1) is 5.92 Å². The van der Waals surface area contributed by atoms with Crippen LogP contribution >= 0.6 is 0 Å². The first-order valence-corrected chi connectivity index (χ1v) is 7.13. The predicted molar refractivity (Wildman–Crippen MR) is 81.6 cm³/mol. The highest BCUT2D eigenvalue weighted by atomic mass is 16.3. The van der Waals surface area contributed by atoms with Crippen LogP contribution in [0.1, 0.15) is 39.7 Å². The molecule has 1 heterocycles. The van der Waals surface area contributed by atoms with Crippen LogP contribution in [0.15, 0.2) is 18.2 Å². The number of amides is 1. The van der Waals surface area contributed by atoms with Gasteiger partial charge in [0.1, 0.15) is 0 Å². The fourth-order valence-electron chi connectivity index (χ4n) is 2.90. The van der Waals surface area contributed by atoms with Crippen LogP contribution in [0.2, 0.25) is 0 Å². The first-order chi connectivity index (χ1) is 9.23. The molecule has 1 aromatic rings. The second kappa shape index (κ2) is 5.09. The number of rotatable bonds is 2. The number of benzene rings is 1. The van der Waals surface area contributed by atoms with Gasteiger partial charge >= 0.3 is 0 Å². The van der Waals surface area contributed by atoms with Gasteiger partial charge in [-0.15, -0.1) is 0 Å². The largest absolute Gasteiger partial charge is 0.399 e. The van der Waals surface area contributed by atoms with E-state index < -0.39 is 6.10 Å². The van der Waals surface area contributed by atoms with Crippen molar-refractivity contribution >= 4 is 17.3 Å². The number of nitrogens with zero attached hydrogens (tertiary/aromatic N) is 1. The molecule has 4 heteroatoms. The second-order valence-corrected chi connectivity index (χ2v) is 6.43. The van der Waals surface area contributed by atoms with E-state index in [-0.39, 0.29) is 17.9 Å². The van der Waals surface area contributed by atoms with Gasteiger partial charge in [0.25, 0.3) is 0 Å². The third-order valence-electron chi connectivity index (χ3n) is 4.37. The van der Waals surface area contributed by atoms with Crippen LogP contribution in [-0.2, 0) is 11.2 Å². The molecule has 2 rings (SSSR count). The molecule has 0 aliphatic carbocycles. The van der Waals surface area contributed by atoms with Crippen molar-refractivity contribution in [3.63, 3.8) is 0 Å². The van der Waals surface area contributed by atoms with Gasteiger partial charge < -0.3 is 15.7 Å². The Morgan fingerprint density at radius 2 is 2.20 bits per heavy atom. The average Bonchev–Trinajstić information content (AvgIpc) is 2.29. The smallest absolute Gasteiger partial charge is 0.230 e. The summed E-state index contributed by atoms with van der Waals surface area (Å²) in [6.07, 6.45) is 0.416. The molecule has 0 bridgehead atoms. The Hall–Kier alpha value is -1.55. The number of hydrogen-bond donors (Lipinski definition) is 2. The van der Waals surface area contributed by atoms with Crippen molar-refractivity contribution in [2.75, 3.05) is 10.6 Å². The molecule has 0 aromatic heterocycles. The number of carbonyl (C=O) groups is 1. The first-order valence-electron chi connectivity index (χ1n) is 7.13. The van der Waals surface area contributed by atoms with Crippen molar-refractivity contribution < 1.29 is 9.90 Å². The number of carbonyl (C=O) groups excluding carboxylic acids is 1. The summed E-state index contributed by atoms with van der Waals surface area (Å²) in [5, 5.41) is 9.51. The Labute approximate surface area is 120 Å². The minimum atomic E-state index is -0.632. The molecule has 3 N–H and O–H groups in total. The van der Waals surface area contributed by atoms with E-state index in [1.807, 2.05) is 23.1 Å². The van der Waals surface area contributed by atoms with E-state index in [1.54, 1.807) is 6.92 Å². The van der Waals surface area contributed by atoms with E-state index in [4.69, 9.17) is 5.73 Å². The number of anilines is 2. The number of aliphatic hydroxyl groups is 1. The predicted octanol–water partition coefficient (Wildman–Crippen LogP) is 2.34. The van der Waals surface area contributed by atoms with E-state index >= 15 is 0 Å². The number of aliphatic hydroxyl groups excluding tert-OH is 1. The van der Waals surface area contributed by atoms with Crippen molar-refractivity contribution in [2.45, 2.75) is 52.2 Å². The third kappa shape index (κ3) is 2.52. The molecule has 2 atom stereocenters. The zero-order valence-corrected chi connectivity index (χ0v) is 12.7. The lowest BCUT2D eigenvalue weighted by atomic mass is 9.77. The topological polar surface area (TPSA) is 66.6 Å². The van der Waals surface area contributed by atoms with Crippen molar-refractivity contribution in [2.24, 2.45) is 5.92 Å². The fourth-order valence-corrected chi connectivity index (χ4v) is 2.90. The van der Waals surface area contributed by atoms with Crippen LogP contribution in [0.3, 0.4) is 0 Å². The Balaban J connectivity index is 2.48. The zero-order valence-electron chi connectivity index (χ0n) is 12.7. The molecule has 0 spiro atoms. The van der Waals surface area contributed by atoms with Gasteiger partial charge in [-0.25, -0.2) is 0 Å². The van der Waals surface area contributed by atoms with Gasteiger partial charge in [-0.1, -0.05) is 6.92 Å². The lowest BCUT2D eigenvalue weighted by Crippen LogP contribution is -2.55. The minimum Gasteiger partial charge on any atom is -0.399 e. The SMILES string of the molecule is CC(O)CC(=O)N1c2ccc(N)cc2CC(C)C1(C)C. The molecule has 20 heavy (non-hydrogen) atoms.